The van der Waals surface area contributed by atoms with Gasteiger partial charge in [-0.05, 0) is 24.6 Å². The van der Waals surface area contributed by atoms with Crippen LogP contribution in [0.25, 0.3) is 0 Å². The van der Waals surface area contributed by atoms with Crippen molar-refractivity contribution < 1.29 is 18.1 Å². The molecule has 0 aliphatic rings. The summed E-state index contributed by atoms with van der Waals surface area (Å²) in [4.78, 5) is 10.2. The van der Waals surface area contributed by atoms with Crippen LogP contribution in [-0.2, 0) is 12.7 Å². The van der Waals surface area contributed by atoms with E-state index in [1.807, 2.05) is 0 Å². The summed E-state index contributed by atoms with van der Waals surface area (Å²) in [5.74, 6) is 0. The number of hydrogen-bond acceptors (Lipinski definition) is 3. The fourth-order valence-electron chi connectivity index (χ4n) is 1.81. The predicted molar refractivity (Wildman–Crippen MR) is 64.2 cm³/mol. The van der Waals surface area contributed by atoms with E-state index in [1.165, 1.54) is 18.3 Å². The molecule has 0 spiro atoms. The molecule has 0 amide bonds. The molecule has 0 atom stereocenters. The van der Waals surface area contributed by atoms with Gasteiger partial charge in [0.05, 0.1) is 11.5 Å². The molecule has 5 nitrogen and oxygen atoms in total. The third-order valence-electron chi connectivity index (χ3n) is 2.73. The minimum absolute atomic E-state index is 0.0230. The number of benzene rings is 1. The van der Waals surface area contributed by atoms with Crippen LogP contribution in [0.1, 0.15) is 16.8 Å². The Bertz CT molecular complexity index is 650. The van der Waals surface area contributed by atoms with E-state index in [0.29, 0.717) is 11.1 Å². The second-order valence-corrected chi connectivity index (χ2v) is 4.27. The molecule has 0 aliphatic heterocycles. The Balaban J connectivity index is 2.20. The van der Waals surface area contributed by atoms with Crippen molar-refractivity contribution in [2.24, 2.45) is 0 Å². The van der Waals surface area contributed by atoms with Gasteiger partial charge in [0, 0.05) is 17.8 Å². The van der Waals surface area contributed by atoms with Crippen molar-refractivity contribution in [2.75, 3.05) is 0 Å². The lowest BCUT2D eigenvalue weighted by Crippen LogP contribution is -2.08. The largest absolute Gasteiger partial charge is 0.435 e. The topological polar surface area (TPSA) is 61.0 Å². The SMILES string of the molecule is Cc1cc(Cn2ccc(C(F)(F)F)n2)ccc1[N+](=O)[O-]. The van der Waals surface area contributed by atoms with Crippen LogP contribution < -0.4 is 0 Å². The second kappa shape index (κ2) is 4.95. The summed E-state index contributed by atoms with van der Waals surface area (Å²) in [7, 11) is 0. The van der Waals surface area contributed by atoms with Gasteiger partial charge in [-0.15, -0.1) is 0 Å². The summed E-state index contributed by atoms with van der Waals surface area (Å²) >= 11 is 0. The number of nitrogens with zero attached hydrogens (tertiary/aromatic N) is 3. The number of aryl methyl sites for hydroxylation is 1. The molecule has 0 bridgehead atoms. The predicted octanol–water partition coefficient (Wildman–Crippen LogP) is 3.17. The van der Waals surface area contributed by atoms with Crippen LogP contribution in [-0.4, -0.2) is 14.7 Å². The van der Waals surface area contributed by atoms with Crippen molar-refractivity contribution in [3.8, 4) is 0 Å². The average molecular weight is 285 g/mol. The Morgan fingerprint density at radius 1 is 1.35 bits per heavy atom. The molecular formula is C12H10F3N3O2. The monoisotopic (exact) mass is 285 g/mol. The van der Waals surface area contributed by atoms with E-state index in [-0.39, 0.29) is 12.2 Å². The first-order valence-corrected chi connectivity index (χ1v) is 5.62. The minimum atomic E-state index is -4.48. The zero-order valence-corrected chi connectivity index (χ0v) is 10.4. The lowest BCUT2D eigenvalue weighted by atomic mass is 10.1. The first kappa shape index (κ1) is 14.0. The van der Waals surface area contributed by atoms with Crippen molar-refractivity contribution >= 4 is 5.69 Å². The van der Waals surface area contributed by atoms with E-state index in [4.69, 9.17) is 0 Å². The second-order valence-electron chi connectivity index (χ2n) is 4.27. The highest BCUT2D eigenvalue weighted by atomic mass is 19.4. The lowest BCUT2D eigenvalue weighted by Gasteiger charge is -2.05. The molecule has 1 aromatic heterocycles. The summed E-state index contributed by atoms with van der Waals surface area (Å²) in [6, 6.07) is 5.28. The maximum Gasteiger partial charge on any atom is 0.435 e. The molecule has 0 aliphatic carbocycles. The molecule has 1 aromatic carbocycles. The van der Waals surface area contributed by atoms with Crippen LogP contribution in [0.3, 0.4) is 0 Å². The van der Waals surface area contributed by atoms with E-state index in [1.54, 1.807) is 13.0 Å². The van der Waals surface area contributed by atoms with Crippen LogP contribution in [0.4, 0.5) is 18.9 Å². The normalized spacial score (nSPS) is 11.6. The molecule has 0 N–H and O–H groups in total. The molecule has 8 heteroatoms. The van der Waals surface area contributed by atoms with Crippen LogP contribution in [0.2, 0.25) is 0 Å². The number of hydrogen-bond donors (Lipinski definition) is 0. The van der Waals surface area contributed by atoms with Crippen LogP contribution >= 0.6 is 0 Å². The van der Waals surface area contributed by atoms with Gasteiger partial charge in [0.15, 0.2) is 5.69 Å². The molecule has 2 aromatic rings. The number of alkyl halides is 3. The first-order valence-electron chi connectivity index (χ1n) is 5.62. The van der Waals surface area contributed by atoms with Crippen molar-refractivity contribution in [2.45, 2.75) is 19.6 Å². The van der Waals surface area contributed by atoms with Crippen LogP contribution in [0, 0.1) is 17.0 Å². The molecule has 0 fully saturated rings. The summed E-state index contributed by atoms with van der Waals surface area (Å²) in [5, 5.41) is 14.1. The Labute approximate surface area is 111 Å². The molecule has 106 valence electrons. The summed E-state index contributed by atoms with van der Waals surface area (Å²) in [6.07, 6.45) is -3.25. The summed E-state index contributed by atoms with van der Waals surface area (Å²) < 4.78 is 38.3. The molecule has 0 saturated heterocycles. The fraction of sp³-hybridized carbons (Fsp3) is 0.250. The Morgan fingerprint density at radius 3 is 2.55 bits per heavy atom. The highest BCUT2D eigenvalue weighted by Crippen LogP contribution is 2.27. The van der Waals surface area contributed by atoms with Gasteiger partial charge in [0.2, 0.25) is 0 Å². The van der Waals surface area contributed by atoms with Crippen LogP contribution in [0.5, 0.6) is 0 Å². The third kappa shape index (κ3) is 2.95. The maximum atomic E-state index is 12.4. The maximum absolute atomic E-state index is 12.4. The van der Waals surface area contributed by atoms with Crippen LogP contribution in [0.15, 0.2) is 30.5 Å². The number of halogens is 3. The fourth-order valence-corrected chi connectivity index (χ4v) is 1.81. The number of nitro benzene ring substituents is 1. The smallest absolute Gasteiger partial charge is 0.268 e. The van der Waals surface area contributed by atoms with E-state index in [9.17, 15) is 23.3 Å². The first-order chi connectivity index (χ1) is 9.27. The molecule has 0 saturated carbocycles. The van der Waals surface area contributed by atoms with Crippen molar-refractivity contribution in [1.82, 2.24) is 9.78 Å². The van der Waals surface area contributed by atoms with Crippen molar-refractivity contribution in [3.63, 3.8) is 0 Å². The summed E-state index contributed by atoms with van der Waals surface area (Å²) in [5.41, 5.74) is 0.113. The summed E-state index contributed by atoms with van der Waals surface area (Å²) in [6.45, 7) is 1.70. The van der Waals surface area contributed by atoms with Gasteiger partial charge in [-0.3, -0.25) is 14.8 Å². The Hall–Kier alpha value is -2.38. The van der Waals surface area contributed by atoms with Gasteiger partial charge >= 0.3 is 6.18 Å². The molecule has 1 heterocycles. The van der Waals surface area contributed by atoms with E-state index in [2.05, 4.69) is 5.10 Å². The van der Waals surface area contributed by atoms with Gasteiger partial charge in [-0.2, -0.15) is 18.3 Å². The number of rotatable bonds is 3. The van der Waals surface area contributed by atoms with E-state index in [0.717, 1.165) is 10.7 Å². The molecule has 2 rings (SSSR count). The zero-order chi connectivity index (χ0) is 14.9. The Morgan fingerprint density at radius 2 is 2.05 bits per heavy atom. The van der Waals surface area contributed by atoms with Crippen molar-refractivity contribution in [1.29, 1.82) is 0 Å². The standard InChI is InChI=1S/C12H10F3N3O2/c1-8-6-9(2-3-10(8)18(19)20)7-17-5-4-11(16-17)12(13,14)15/h2-6H,7H2,1H3. The molecule has 0 radical (unpaired) electrons. The molecule has 0 unspecified atom stereocenters. The van der Waals surface area contributed by atoms with Gasteiger partial charge < -0.3 is 0 Å². The minimum Gasteiger partial charge on any atom is -0.268 e. The van der Waals surface area contributed by atoms with Crippen molar-refractivity contribution in [3.05, 3.63) is 57.4 Å². The Kier molecular flexibility index (Phi) is 3.47. The number of aromatic nitrogens is 2. The van der Waals surface area contributed by atoms with E-state index < -0.39 is 16.8 Å². The van der Waals surface area contributed by atoms with Gasteiger partial charge in [0.1, 0.15) is 0 Å². The van der Waals surface area contributed by atoms with Gasteiger partial charge in [-0.1, -0.05) is 6.07 Å². The highest BCUT2D eigenvalue weighted by molar-refractivity contribution is 5.41. The van der Waals surface area contributed by atoms with E-state index >= 15 is 0 Å². The quantitative estimate of drug-likeness (QED) is 0.642. The highest BCUT2D eigenvalue weighted by Gasteiger charge is 2.33. The molecular weight excluding hydrogens is 275 g/mol. The average Bonchev–Trinajstić information content (AvgIpc) is 2.76. The lowest BCUT2D eigenvalue weighted by molar-refractivity contribution is -0.385. The molecule has 20 heavy (non-hydrogen) atoms. The zero-order valence-electron chi connectivity index (χ0n) is 10.4. The van der Waals surface area contributed by atoms with Gasteiger partial charge in [-0.25, -0.2) is 0 Å². The number of nitro groups is 1. The van der Waals surface area contributed by atoms with Gasteiger partial charge in [0.25, 0.3) is 5.69 Å². The third-order valence-corrected chi connectivity index (χ3v) is 2.73.